The predicted octanol–water partition coefficient (Wildman–Crippen LogP) is 5.01. The molecule has 0 radical (unpaired) electrons. The number of hydrogen-bond acceptors (Lipinski definition) is 1. The van der Waals surface area contributed by atoms with Crippen LogP contribution in [0.1, 0.15) is 79.1 Å². The van der Waals surface area contributed by atoms with Gasteiger partial charge in [0.2, 0.25) is 0 Å². The number of nitrogens with one attached hydrogen (secondary N) is 1. The van der Waals surface area contributed by atoms with Gasteiger partial charge in [0.1, 0.15) is 0 Å². The highest BCUT2D eigenvalue weighted by molar-refractivity contribution is 4.89. The highest BCUT2D eigenvalue weighted by atomic mass is 14.9. The van der Waals surface area contributed by atoms with Crippen LogP contribution >= 0.6 is 0 Å². The average molecular weight is 265 g/mol. The van der Waals surface area contributed by atoms with Crippen LogP contribution in [0, 0.1) is 23.2 Å². The molecule has 1 N–H and O–H groups in total. The lowest BCUT2D eigenvalue weighted by molar-refractivity contribution is 0.124. The van der Waals surface area contributed by atoms with E-state index >= 15 is 0 Å². The Bertz CT molecular complexity index is 265. The second kappa shape index (κ2) is 6.61. The summed E-state index contributed by atoms with van der Waals surface area (Å²) in [5, 5.41) is 3.97. The van der Waals surface area contributed by atoms with Crippen LogP contribution in [-0.2, 0) is 0 Å². The third-order valence-corrected chi connectivity index (χ3v) is 5.59. The van der Waals surface area contributed by atoms with Crippen molar-refractivity contribution in [2.24, 2.45) is 23.2 Å². The summed E-state index contributed by atoms with van der Waals surface area (Å²) in [6.07, 6.45) is 11.6. The van der Waals surface area contributed by atoms with Crippen LogP contribution in [0.3, 0.4) is 0 Å². The normalized spacial score (nSPS) is 37.3. The molecule has 4 atom stereocenters. The van der Waals surface area contributed by atoms with Crippen molar-refractivity contribution in [3.63, 3.8) is 0 Å². The van der Waals surface area contributed by atoms with E-state index in [-0.39, 0.29) is 0 Å². The quantitative estimate of drug-likeness (QED) is 0.756. The molecule has 1 heteroatoms. The van der Waals surface area contributed by atoms with Crippen LogP contribution in [0.15, 0.2) is 0 Å². The first-order chi connectivity index (χ1) is 8.97. The molecule has 2 aliphatic rings. The fraction of sp³-hybridized carbons (Fsp3) is 1.00. The second-order valence-electron chi connectivity index (χ2n) is 8.41. The Balaban J connectivity index is 1.82. The van der Waals surface area contributed by atoms with Crippen molar-refractivity contribution in [2.75, 3.05) is 6.54 Å². The van der Waals surface area contributed by atoms with E-state index < -0.39 is 0 Å². The maximum atomic E-state index is 3.97. The molecule has 0 spiro atoms. The van der Waals surface area contributed by atoms with Crippen LogP contribution < -0.4 is 5.32 Å². The Morgan fingerprint density at radius 2 is 1.68 bits per heavy atom. The van der Waals surface area contributed by atoms with Gasteiger partial charge in [-0.1, -0.05) is 53.4 Å². The Hall–Kier alpha value is -0.0400. The van der Waals surface area contributed by atoms with Crippen molar-refractivity contribution in [2.45, 2.75) is 85.1 Å². The molecule has 1 nitrogen and oxygen atoms in total. The zero-order valence-corrected chi connectivity index (χ0v) is 13.7. The molecular formula is C18H35N. The fourth-order valence-electron chi connectivity index (χ4n) is 4.47. The summed E-state index contributed by atoms with van der Waals surface area (Å²) in [6, 6.07) is 0.783. The standard InChI is InChI=1S/C18H35N/c1-14-8-7-9-15(12-14)13-19-17-11-6-5-10-16(17)18(2,3)4/h14-17,19H,5-13H2,1-4H3. The van der Waals surface area contributed by atoms with Gasteiger partial charge in [-0.3, -0.25) is 0 Å². The lowest BCUT2D eigenvalue weighted by atomic mass is 9.69. The first kappa shape index (κ1) is 15.4. The Kier molecular flexibility index (Phi) is 5.34. The van der Waals surface area contributed by atoms with Gasteiger partial charge in [-0.15, -0.1) is 0 Å². The minimum absolute atomic E-state index is 0.470. The Morgan fingerprint density at radius 3 is 2.37 bits per heavy atom. The minimum atomic E-state index is 0.470. The van der Waals surface area contributed by atoms with Gasteiger partial charge in [-0.05, 0) is 55.4 Å². The molecule has 0 amide bonds. The molecule has 0 heterocycles. The van der Waals surface area contributed by atoms with E-state index in [2.05, 4.69) is 33.0 Å². The first-order valence-electron chi connectivity index (χ1n) is 8.70. The van der Waals surface area contributed by atoms with Gasteiger partial charge in [0.05, 0.1) is 0 Å². The Labute approximate surface area is 120 Å². The van der Waals surface area contributed by atoms with Gasteiger partial charge in [0.15, 0.2) is 0 Å². The van der Waals surface area contributed by atoms with Gasteiger partial charge in [-0.25, -0.2) is 0 Å². The van der Waals surface area contributed by atoms with Crippen LogP contribution in [0.5, 0.6) is 0 Å². The molecule has 0 bridgehead atoms. The van der Waals surface area contributed by atoms with E-state index in [0.717, 1.165) is 23.8 Å². The summed E-state index contributed by atoms with van der Waals surface area (Å²) in [7, 11) is 0. The van der Waals surface area contributed by atoms with E-state index in [1.165, 1.54) is 57.9 Å². The largest absolute Gasteiger partial charge is 0.313 e. The molecule has 2 fully saturated rings. The van der Waals surface area contributed by atoms with Crippen LogP contribution in [-0.4, -0.2) is 12.6 Å². The van der Waals surface area contributed by atoms with Gasteiger partial charge >= 0.3 is 0 Å². The highest BCUT2D eigenvalue weighted by Crippen LogP contribution is 2.38. The topological polar surface area (TPSA) is 12.0 Å². The molecule has 0 saturated heterocycles. The fourth-order valence-corrected chi connectivity index (χ4v) is 4.47. The summed E-state index contributed by atoms with van der Waals surface area (Å²) in [5.74, 6) is 2.79. The van der Waals surface area contributed by atoms with E-state index in [9.17, 15) is 0 Å². The van der Waals surface area contributed by atoms with Crippen molar-refractivity contribution >= 4 is 0 Å². The van der Waals surface area contributed by atoms with Gasteiger partial charge in [0, 0.05) is 6.04 Å². The molecule has 2 aliphatic carbocycles. The van der Waals surface area contributed by atoms with E-state index in [1.54, 1.807) is 0 Å². The van der Waals surface area contributed by atoms with Crippen molar-refractivity contribution in [3.05, 3.63) is 0 Å². The summed E-state index contributed by atoms with van der Waals surface area (Å²) < 4.78 is 0. The second-order valence-corrected chi connectivity index (χ2v) is 8.41. The van der Waals surface area contributed by atoms with Crippen LogP contribution in [0.25, 0.3) is 0 Å². The molecule has 0 aliphatic heterocycles. The highest BCUT2D eigenvalue weighted by Gasteiger charge is 2.34. The maximum Gasteiger partial charge on any atom is 0.0100 e. The molecule has 0 aromatic carbocycles. The summed E-state index contributed by atoms with van der Waals surface area (Å²) in [4.78, 5) is 0. The molecule has 2 rings (SSSR count). The van der Waals surface area contributed by atoms with Crippen molar-refractivity contribution in [3.8, 4) is 0 Å². The van der Waals surface area contributed by atoms with Crippen LogP contribution in [0.2, 0.25) is 0 Å². The smallest absolute Gasteiger partial charge is 0.0100 e. The molecule has 112 valence electrons. The van der Waals surface area contributed by atoms with Crippen molar-refractivity contribution in [1.29, 1.82) is 0 Å². The lowest BCUT2D eigenvalue weighted by Crippen LogP contribution is -2.46. The summed E-state index contributed by atoms with van der Waals surface area (Å²) in [5.41, 5.74) is 0.470. The van der Waals surface area contributed by atoms with E-state index in [1.807, 2.05) is 0 Å². The van der Waals surface area contributed by atoms with Crippen molar-refractivity contribution in [1.82, 2.24) is 5.32 Å². The molecule has 0 aromatic heterocycles. The third-order valence-electron chi connectivity index (χ3n) is 5.59. The molecule has 2 saturated carbocycles. The van der Waals surface area contributed by atoms with Crippen molar-refractivity contribution < 1.29 is 0 Å². The van der Waals surface area contributed by atoms with E-state index in [4.69, 9.17) is 0 Å². The number of hydrogen-bond donors (Lipinski definition) is 1. The Morgan fingerprint density at radius 1 is 0.947 bits per heavy atom. The molecule has 4 unspecified atom stereocenters. The molecular weight excluding hydrogens is 230 g/mol. The summed E-state index contributed by atoms with van der Waals surface area (Å²) >= 11 is 0. The predicted molar refractivity (Wildman–Crippen MR) is 84.3 cm³/mol. The van der Waals surface area contributed by atoms with Crippen LogP contribution in [0.4, 0.5) is 0 Å². The monoisotopic (exact) mass is 265 g/mol. The van der Waals surface area contributed by atoms with E-state index in [0.29, 0.717) is 5.41 Å². The SMILES string of the molecule is CC1CCCC(CNC2CCCCC2C(C)(C)C)C1. The van der Waals surface area contributed by atoms with Gasteiger partial charge in [0.25, 0.3) is 0 Å². The molecule has 0 aromatic rings. The zero-order chi connectivity index (χ0) is 13.9. The number of rotatable bonds is 3. The molecule has 19 heavy (non-hydrogen) atoms. The lowest BCUT2D eigenvalue weighted by Gasteiger charge is -2.42. The maximum absolute atomic E-state index is 3.97. The minimum Gasteiger partial charge on any atom is -0.313 e. The van der Waals surface area contributed by atoms with Gasteiger partial charge in [-0.2, -0.15) is 0 Å². The summed E-state index contributed by atoms with van der Waals surface area (Å²) in [6.45, 7) is 11.0. The third kappa shape index (κ3) is 4.48. The zero-order valence-electron chi connectivity index (χ0n) is 13.7. The first-order valence-corrected chi connectivity index (χ1v) is 8.70. The average Bonchev–Trinajstić information content (AvgIpc) is 2.36. The van der Waals surface area contributed by atoms with Gasteiger partial charge < -0.3 is 5.32 Å².